The van der Waals surface area contributed by atoms with Gasteiger partial charge in [0.05, 0.1) is 6.61 Å². The molecule has 0 radical (unpaired) electrons. The van der Waals surface area contributed by atoms with E-state index in [2.05, 4.69) is 15.9 Å². The molecule has 0 bridgehead atoms. The highest BCUT2D eigenvalue weighted by molar-refractivity contribution is 9.10. The maximum absolute atomic E-state index is 5.62. The third-order valence-corrected chi connectivity index (χ3v) is 2.85. The van der Waals surface area contributed by atoms with Crippen LogP contribution in [0.3, 0.4) is 0 Å². The predicted molar refractivity (Wildman–Crippen MR) is 70.0 cm³/mol. The quantitative estimate of drug-likeness (QED) is 0.672. The second-order valence-corrected chi connectivity index (χ2v) is 4.63. The van der Waals surface area contributed by atoms with E-state index < -0.39 is 0 Å². The molecule has 0 aliphatic rings. The molecule has 0 saturated carbocycles. The lowest BCUT2D eigenvalue weighted by molar-refractivity contribution is 0.191. The Bertz CT molecular complexity index is 272. The van der Waals surface area contributed by atoms with Crippen LogP contribution in [0.2, 0.25) is 0 Å². The van der Waals surface area contributed by atoms with E-state index >= 15 is 0 Å². The fourth-order valence-electron chi connectivity index (χ4n) is 1.42. The Balaban J connectivity index is 2.01. The first-order valence-electron chi connectivity index (χ1n) is 5.70. The molecule has 0 aliphatic heterocycles. The molecule has 0 heterocycles. The first-order valence-corrected chi connectivity index (χ1v) is 6.49. The molecule has 0 N–H and O–H groups in total. The summed E-state index contributed by atoms with van der Waals surface area (Å²) in [7, 11) is 1.75. The molecule has 1 aromatic carbocycles. The normalized spacial score (nSPS) is 10.4. The van der Waals surface area contributed by atoms with Crippen LogP contribution in [0.1, 0.15) is 25.7 Å². The lowest BCUT2D eigenvalue weighted by Gasteiger charge is -2.05. The molecule has 0 saturated heterocycles. The van der Waals surface area contributed by atoms with E-state index in [-0.39, 0.29) is 0 Å². The Morgan fingerprint density at radius 2 is 1.56 bits per heavy atom. The van der Waals surface area contributed by atoms with Crippen molar-refractivity contribution in [3.05, 3.63) is 28.7 Å². The van der Waals surface area contributed by atoms with Crippen molar-refractivity contribution < 1.29 is 9.47 Å². The Hall–Kier alpha value is -0.540. The Labute approximate surface area is 106 Å². The summed E-state index contributed by atoms with van der Waals surface area (Å²) in [5.74, 6) is 0.945. The smallest absolute Gasteiger partial charge is 0.119 e. The Morgan fingerprint density at radius 1 is 0.938 bits per heavy atom. The molecule has 90 valence electrons. The molecule has 1 rings (SSSR count). The number of ether oxygens (including phenoxy) is 2. The van der Waals surface area contributed by atoms with Crippen LogP contribution in [-0.2, 0) is 4.74 Å². The van der Waals surface area contributed by atoms with Crippen molar-refractivity contribution >= 4 is 15.9 Å². The highest BCUT2D eigenvalue weighted by atomic mass is 79.9. The zero-order chi connectivity index (χ0) is 11.6. The Kier molecular flexibility index (Phi) is 7.26. The molecule has 0 fully saturated rings. The molecular formula is C13H19BrO2. The van der Waals surface area contributed by atoms with Crippen LogP contribution in [0.25, 0.3) is 0 Å². The van der Waals surface area contributed by atoms with Crippen molar-refractivity contribution in [2.75, 3.05) is 20.3 Å². The topological polar surface area (TPSA) is 18.5 Å². The van der Waals surface area contributed by atoms with Gasteiger partial charge in [-0.2, -0.15) is 0 Å². The van der Waals surface area contributed by atoms with Gasteiger partial charge in [0.1, 0.15) is 5.75 Å². The van der Waals surface area contributed by atoms with Crippen LogP contribution >= 0.6 is 15.9 Å². The van der Waals surface area contributed by atoms with Gasteiger partial charge in [0.2, 0.25) is 0 Å². The molecule has 3 heteroatoms. The molecule has 0 aromatic heterocycles. The van der Waals surface area contributed by atoms with Gasteiger partial charge >= 0.3 is 0 Å². The molecule has 0 spiro atoms. The van der Waals surface area contributed by atoms with Gasteiger partial charge in [0.15, 0.2) is 0 Å². The third-order valence-electron chi connectivity index (χ3n) is 2.33. The molecule has 0 atom stereocenters. The van der Waals surface area contributed by atoms with E-state index in [1.165, 1.54) is 12.8 Å². The van der Waals surface area contributed by atoms with Gasteiger partial charge in [-0.25, -0.2) is 0 Å². The predicted octanol–water partition coefficient (Wildman–Crippen LogP) is 4.03. The molecule has 0 unspecified atom stereocenters. The van der Waals surface area contributed by atoms with Crippen molar-refractivity contribution in [1.82, 2.24) is 0 Å². The largest absolute Gasteiger partial charge is 0.494 e. The fourth-order valence-corrected chi connectivity index (χ4v) is 1.69. The van der Waals surface area contributed by atoms with Gasteiger partial charge in [0, 0.05) is 18.2 Å². The summed E-state index contributed by atoms with van der Waals surface area (Å²) in [5, 5.41) is 0. The van der Waals surface area contributed by atoms with E-state index in [9.17, 15) is 0 Å². The van der Waals surface area contributed by atoms with Crippen LogP contribution in [0.15, 0.2) is 28.7 Å². The van der Waals surface area contributed by atoms with Gasteiger partial charge in [-0.3, -0.25) is 0 Å². The summed E-state index contributed by atoms with van der Waals surface area (Å²) >= 11 is 3.40. The minimum absolute atomic E-state index is 0.800. The van der Waals surface area contributed by atoms with E-state index in [0.717, 1.165) is 36.3 Å². The average molecular weight is 287 g/mol. The summed E-state index contributed by atoms with van der Waals surface area (Å²) in [6.07, 6.45) is 4.69. The van der Waals surface area contributed by atoms with Crippen LogP contribution < -0.4 is 4.74 Å². The van der Waals surface area contributed by atoms with E-state index in [4.69, 9.17) is 9.47 Å². The van der Waals surface area contributed by atoms with Gasteiger partial charge in [-0.05, 0) is 43.5 Å². The maximum atomic E-state index is 5.62. The standard InChI is InChI=1S/C13H19BrO2/c1-15-10-4-2-3-5-11-16-13-8-6-12(14)7-9-13/h6-9H,2-5,10-11H2,1H3. The Morgan fingerprint density at radius 3 is 2.19 bits per heavy atom. The molecule has 1 aromatic rings. The number of methoxy groups -OCH3 is 1. The van der Waals surface area contributed by atoms with Crippen LogP contribution in [0.5, 0.6) is 5.75 Å². The number of halogens is 1. The zero-order valence-corrected chi connectivity index (χ0v) is 11.3. The lowest BCUT2D eigenvalue weighted by Crippen LogP contribution is -1.97. The SMILES string of the molecule is COCCCCCCOc1ccc(Br)cc1. The summed E-state index contributed by atoms with van der Waals surface area (Å²) in [6.45, 7) is 1.67. The van der Waals surface area contributed by atoms with Gasteiger partial charge in [-0.15, -0.1) is 0 Å². The summed E-state index contributed by atoms with van der Waals surface area (Å²) in [6, 6.07) is 7.95. The number of unbranched alkanes of at least 4 members (excludes halogenated alkanes) is 3. The number of rotatable bonds is 8. The second kappa shape index (κ2) is 8.59. The second-order valence-electron chi connectivity index (χ2n) is 3.71. The highest BCUT2D eigenvalue weighted by Gasteiger charge is 1.94. The average Bonchev–Trinajstić information content (AvgIpc) is 2.30. The number of benzene rings is 1. The molecule has 2 nitrogen and oxygen atoms in total. The van der Waals surface area contributed by atoms with Crippen molar-refractivity contribution in [1.29, 1.82) is 0 Å². The van der Waals surface area contributed by atoms with Crippen molar-refractivity contribution in [2.45, 2.75) is 25.7 Å². The van der Waals surface area contributed by atoms with Crippen LogP contribution in [0.4, 0.5) is 0 Å². The van der Waals surface area contributed by atoms with E-state index in [1.807, 2.05) is 24.3 Å². The fraction of sp³-hybridized carbons (Fsp3) is 0.538. The molecule has 16 heavy (non-hydrogen) atoms. The van der Waals surface area contributed by atoms with Crippen LogP contribution in [-0.4, -0.2) is 20.3 Å². The summed E-state index contributed by atoms with van der Waals surface area (Å²) in [4.78, 5) is 0. The number of hydrogen-bond donors (Lipinski definition) is 0. The minimum atomic E-state index is 0.800. The molecule has 0 aliphatic carbocycles. The van der Waals surface area contributed by atoms with Gasteiger partial charge in [-0.1, -0.05) is 22.4 Å². The van der Waals surface area contributed by atoms with Gasteiger partial charge < -0.3 is 9.47 Å². The first-order chi connectivity index (χ1) is 7.83. The third kappa shape index (κ3) is 6.13. The highest BCUT2D eigenvalue weighted by Crippen LogP contribution is 2.16. The van der Waals surface area contributed by atoms with Crippen molar-refractivity contribution in [2.24, 2.45) is 0 Å². The monoisotopic (exact) mass is 286 g/mol. The zero-order valence-electron chi connectivity index (χ0n) is 9.75. The molecule has 0 amide bonds. The summed E-state index contributed by atoms with van der Waals surface area (Å²) < 4.78 is 11.7. The number of hydrogen-bond acceptors (Lipinski definition) is 2. The van der Waals surface area contributed by atoms with Gasteiger partial charge in [0.25, 0.3) is 0 Å². The lowest BCUT2D eigenvalue weighted by atomic mass is 10.2. The summed E-state index contributed by atoms with van der Waals surface area (Å²) in [5.41, 5.74) is 0. The van der Waals surface area contributed by atoms with E-state index in [1.54, 1.807) is 7.11 Å². The van der Waals surface area contributed by atoms with Crippen molar-refractivity contribution in [3.8, 4) is 5.75 Å². The van der Waals surface area contributed by atoms with Crippen LogP contribution in [0, 0.1) is 0 Å². The molecular weight excluding hydrogens is 268 g/mol. The minimum Gasteiger partial charge on any atom is -0.494 e. The first kappa shape index (κ1) is 13.5. The van der Waals surface area contributed by atoms with Crippen molar-refractivity contribution in [3.63, 3.8) is 0 Å². The maximum Gasteiger partial charge on any atom is 0.119 e. The van der Waals surface area contributed by atoms with E-state index in [0.29, 0.717) is 0 Å².